The van der Waals surface area contributed by atoms with Gasteiger partial charge in [-0.2, -0.15) is 5.10 Å². The largest absolute Gasteiger partial charge is 0.321 e. The van der Waals surface area contributed by atoms with Gasteiger partial charge in [0.05, 0.1) is 28.8 Å². The molecule has 0 saturated heterocycles. The van der Waals surface area contributed by atoms with E-state index < -0.39 is 0 Å². The number of nitrogens with one attached hydrogen (secondary N) is 1. The monoisotopic (exact) mass is 303 g/mol. The zero-order chi connectivity index (χ0) is 14.7. The maximum absolute atomic E-state index is 6.28. The summed E-state index contributed by atoms with van der Waals surface area (Å²) < 4.78 is 1.73. The van der Waals surface area contributed by atoms with E-state index in [1.807, 2.05) is 13.2 Å². The molecule has 0 fully saturated rings. The quantitative estimate of drug-likeness (QED) is 0.932. The number of hydrogen-bond acceptors (Lipinski definition) is 4. The second-order valence-corrected chi connectivity index (χ2v) is 5.65. The molecule has 0 radical (unpaired) electrons. The molecule has 1 aliphatic rings. The second-order valence-electron chi connectivity index (χ2n) is 5.25. The molecule has 21 heavy (non-hydrogen) atoms. The van der Waals surface area contributed by atoms with Gasteiger partial charge in [0.2, 0.25) is 5.95 Å². The molecule has 0 atom stereocenters. The number of rotatable bonds is 3. The lowest BCUT2D eigenvalue weighted by atomic mass is 10.1. The fraction of sp³-hybridized carbons (Fsp3) is 0.400. The van der Waals surface area contributed by atoms with Crippen LogP contribution in [0.2, 0.25) is 5.02 Å². The highest BCUT2D eigenvalue weighted by Gasteiger charge is 2.12. The molecule has 1 N–H and O–H groups in total. The van der Waals surface area contributed by atoms with Crippen molar-refractivity contribution in [2.75, 3.05) is 5.32 Å². The Balaban J connectivity index is 1.87. The van der Waals surface area contributed by atoms with Gasteiger partial charge in [-0.05, 0) is 31.3 Å². The summed E-state index contributed by atoms with van der Waals surface area (Å²) in [5.41, 5.74) is 2.94. The number of nitrogens with zero attached hydrogens (tertiary/aromatic N) is 4. The van der Waals surface area contributed by atoms with E-state index in [9.17, 15) is 0 Å². The summed E-state index contributed by atoms with van der Waals surface area (Å²) in [4.78, 5) is 8.83. The Bertz CT molecular complexity index is 662. The molecule has 1 aliphatic carbocycles. The maximum atomic E-state index is 6.28. The minimum absolute atomic E-state index is 0.549. The van der Waals surface area contributed by atoms with Crippen molar-refractivity contribution in [1.29, 1.82) is 0 Å². The Morgan fingerprint density at radius 1 is 1.24 bits per heavy atom. The summed E-state index contributed by atoms with van der Waals surface area (Å²) in [7, 11) is 1.87. The summed E-state index contributed by atoms with van der Waals surface area (Å²) in [5.74, 6) is 0.549. The maximum Gasteiger partial charge on any atom is 0.227 e. The van der Waals surface area contributed by atoms with E-state index in [4.69, 9.17) is 11.6 Å². The standard InChI is InChI=1S/C15H18ClN5/c1-21-10-12(8-18-21)19-15-17-9-13(16)14(20-15)11-6-4-2-3-5-7-11/h6,8-10H,2-5,7H2,1H3,(H,17,19,20). The minimum Gasteiger partial charge on any atom is -0.321 e. The van der Waals surface area contributed by atoms with E-state index in [1.54, 1.807) is 17.1 Å². The van der Waals surface area contributed by atoms with E-state index in [1.165, 1.54) is 24.8 Å². The van der Waals surface area contributed by atoms with Crippen molar-refractivity contribution in [3.8, 4) is 0 Å². The van der Waals surface area contributed by atoms with Gasteiger partial charge in [-0.25, -0.2) is 9.97 Å². The van der Waals surface area contributed by atoms with Crippen LogP contribution in [-0.4, -0.2) is 19.7 Å². The van der Waals surface area contributed by atoms with Gasteiger partial charge in [-0.3, -0.25) is 4.68 Å². The molecule has 6 heteroatoms. The van der Waals surface area contributed by atoms with E-state index in [-0.39, 0.29) is 0 Å². The van der Waals surface area contributed by atoms with Crippen molar-refractivity contribution in [2.24, 2.45) is 7.05 Å². The van der Waals surface area contributed by atoms with Gasteiger partial charge in [-0.1, -0.05) is 24.1 Å². The molecule has 0 bridgehead atoms. The highest BCUT2D eigenvalue weighted by atomic mass is 35.5. The van der Waals surface area contributed by atoms with Crippen LogP contribution in [0.3, 0.4) is 0 Å². The van der Waals surface area contributed by atoms with Crippen molar-refractivity contribution >= 4 is 28.8 Å². The first-order valence-electron chi connectivity index (χ1n) is 7.20. The van der Waals surface area contributed by atoms with Crippen LogP contribution in [0, 0.1) is 0 Å². The number of aromatic nitrogens is 4. The minimum atomic E-state index is 0.549. The molecule has 2 heterocycles. The zero-order valence-corrected chi connectivity index (χ0v) is 12.8. The van der Waals surface area contributed by atoms with Gasteiger partial charge in [0, 0.05) is 13.2 Å². The summed E-state index contributed by atoms with van der Waals surface area (Å²) in [6.07, 6.45) is 13.4. The molecule has 0 amide bonds. The van der Waals surface area contributed by atoms with Gasteiger partial charge in [0.25, 0.3) is 0 Å². The summed E-state index contributed by atoms with van der Waals surface area (Å²) in [5, 5.41) is 7.88. The predicted octanol–water partition coefficient (Wildman–Crippen LogP) is 3.95. The van der Waals surface area contributed by atoms with Crippen LogP contribution >= 0.6 is 11.6 Å². The summed E-state index contributed by atoms with van der Waals surface area (Å²) >= 11 is 6.28. The first-order chi connectivity index (χ1) is 10.2. The first-order valence-corrected chi connectivity index (χ1v) is 7.58. The number of hydrogen-bond donors (Lipinski definition) is 1. The molecule has 0 unspecified atom stereocenters. The van der Waals surface area contributed by atoms with Gasteiger partial charge >= 0.3 is 0 Å². The molecular formula is C15H18ClN5. The number of anilines is 2. The van der Waals surface area contributed by atoms with Crippen LogP contribution in [0.5, 0.6) is 0 Å². The molecule has 0 aromatic carbocycles. The Morgan fingerprint density at radius 3 is 2.95 bits per heavy atom. The molecule has 0 aliphatic heterocycles. The zero-order valence-electron chi connectivity index (χ0n) is 12.0. The Hall–Kier alpha value is -1.88. The molecule has 0 spiro atoms. The molecule has 3 rings (SSSR count). The Kier molecular flexibility index (Phi) is 4.20. The lowest BCUT2D eigenvalue weighted by molar-refractivity contribution is 0.720. The molecule has 2 aromatic heterocycles. The average Bonchev–Trinajstić information content (AvgIpc) is 2.73. The third kappa shape index (κ3) is 3.42. The first kappa shape index (κ1) is 14.1. The lowest BCUT2D eigenvalue weighted by Crippen LogP contribution is -2.00. The fourth-order valence-electron chi connectivity index (χ4n) is 2.50. The number of aryl methyl sites for hydroxylation is 1. The highest BCUT2D eigenvalue weighted by Crippen LogP contribution is 2.30. The van der Waals surface area contributed by atoms with Crippen molar-refractivity contribution in [2.45, 2.75) is 32.1 Å². The third-order valence-electron chi connectivity index (χ3n) is 3.55. The van der Waals surface area contributed by atoms with Crippen molar-refractivity contribution in [3.63, 3.8) is 0 Å². The van der Waals surface area contributed by atoms with Gasteiger partial charge in [0.1, 0.15) is 0 Å². The van der Waals surface area contributed by atoms with Crippen LogP contribution in [0.4, 0.5) is 11.6 Å². The van der Waals surface area contributed by atoms with Crippen LogP contribution in [-0.2, 0) is 7.05 Å². The topological polar surface area (TPSA) is 55.6 Å². The van der Waals surface area contributed by atoms with Gasteiger partial charge in [-0.15, -0.1) is 0 Å². The van der Waals surface area contributed by atoms with Crippen molar-refractivity contribution in [1.82, 2.24) is 19.7 Å². The lowest BCUT2D eigenvalue weighted by Gasteiger charge is -2.09. The van der Waals surface area contributed by atoms with E-state index in [2.05, 4.69) is 26.5 Å². The smallest absolute Gasteiger partial charge is 0.227 e. The SMILES string of the molecule is Cn1cc(Nc2ncc(Cl)c(C3=CCCCCC3)n2)cn1. The predicted molar refractivity (Wildman–Crippen MR) is 84.6 cm³/mol. The molecule has 2 aromatic rings. The van der Waals surface area contributed by atoms with Gasteiger partial charge < -0.3 is 5.32 Å². The van der Waals surface area contributed by atoms with Crippen molar-refractivity contribution in [3.05, 3.63) is 35.4 Å². The number of allylic oxidation sites excluding steroid dienone is 2. The van der Waals surface area contributed by atoms with Gasteiger partial charge in [0.15, 0.2) is 0 Å². The second kappa shape index (κ2) is 6.26. The third-order valence-corrected chi connectivity index (χ3v) is 3.83. The molecule has 110 valence electrons. The fourth-order valence-corrected chi connectivity index (χ4v) is 2.71. The Morgan fingerprint density at radius 2 is 2.14 bits per heavy atom. The highest BCUT2D eigenvalue weighted by molar-refractivity contribution is 6.32. The van der Waals surface area contributed by atoms with E-state index in [0.717, 1.165) is 24.2 Å². The van der Waals surface area contributed by atoms with Crippen LogP contribution < -0.4 is 5.32 Å². The number of halogens is 1. The van der Waals surface area contributed by atoms with Crippen LogP contribution in [0.25, 0.3) is 5.57 Å². The van der Waals surface area contributed by atoms with Crippen LogP contribution in [0.15, 0.2) is 24.7 Å². The average molecular weight is 304 g/mol. The molecule has 0 saturated carbocycles. The van der Waals surface area contributed by atoms with Crippen LogP contribution in [0.1, 0.15) is 37.8 Å². The Labute approximate surface area is 129 Å². The van der Waals surface area contributed by atoms with Crippen molar-refractivity contribution < 1.29 is 0 Å². The molecule has 5 nitrogen and oxygen atoms in total. The normalized spacial score (nSPS) is 15.4. The summed E-state index contributed by atoms with van der Waals surface area (Å²) in [6, 6.07) is 0. The van der Waals surface area contributed by atoms with E-state index in [0.29, 0.717) is 11.0 Å². The summed E-state index contributed by atoms with van der Waals surface area (Å²) in [6.45, 7) is 0. The van der Waals surface area contributed by atoms with E-state index >= 15 is 0 Å². The molecular weight excluding hydrogens is 286 g/mol.